The van der Waals surface area contributed by atoms with Gasteiger partial charge in [-0.05, 0) is 12.1 Å². The highest BCUT2D eigenvalue weighted by Gasteiger charge is 2.14. The van der Waals surface area contributed by atoms with Crippen LogP contribution in [0.3, 0.4) is 0 Å². The van der Waals surface area contributed by atoms with E-state index >= 15 is 0 Å². The molecule has 0 aliphatic carbocycles. The number of benzene rings is 1. The fourth-order valence-electron chi connectivity index (χ4n) is 1.92. The van der Waals surface area contributed by atoms with Crippen molar-refractivity contribution in [2.45, 2.75) is 0 Å². The fraction of sp³-hybridized carbons (Fsp3) is 0.0909. The Kier molecular flexibility index (Phi) is 1.97. The average molecular weight is 244 g/mol. The summed E-state index contributed by atoms with van der Waals surface area (Å²) in [4.78, 5) is 28.4. The van der Waals surface area contributed by atoms with E-state index < -0.39 is 11.4 Å². The number of aryl methyl sites for hydroxylation is 1. The number of aromatic nitrogens is 4. The number of nitrogens with zero attached hydrogens (tertiary/aromatic N) is 3. The van der Waals surface area contributed by atoms with Crippen molar-refractivity contribution < 1.29 is 9.90 Å². The first kappa shape index (κ1) is 10.5. The van der Waals surface area contributed by atoms with Crippen LogP contribution in [0, 0.1) is 0 Å². The normalized spacial score (nSPS) is 11.2. The Balaban J connectivity index is 2.51. The van der Waals surface area contributed by atoms with Gasteiger partial charge < -0.3 is 5.11 Å². The molecule has 2 heterocycles. The van der Waals surface area contributed by atoms with Gasteiger partial charge in [-0.1, -0.05) is 0 Å². The van der Waals surface area contributed by atoms with Crippen LogP contribution in [0.1, 0.15) is 10.4 Å². The molecule has 0 saturated carbocycles. The van der Waals surface area contributed by atoms with E-state index in [0.717, 1.165) is 11.7 Å². The standard InChI is InChI=1S/C11H8N4O3/c1-15-13-7-3-2-5-8(9(7)14-15)12-4-6(10(5)16)11(17)18/h2-4,13H,1H3,(H,17,18). The summed E-state index contributed by atoms with van der Waals surface area (Å²) in [7, 11) is 1.72. The predicted octanol–water partition coefficient (Wildman–Crippen LogP) is 0.508. The first-order chi connectivity index (χ1) is 8.58. The minimum Gasteiger partial charge on any atom is -0.477 e. The van der Waals surface area contributed by atoms with E-state index in [0.29, 0.717) is 11.0 Å². The van der Waals surface area contributed by atoms with E-state index in [1.165, 1.54) is 4.80 Å². The zero-order chi connectivity index (χ0) is 12.9. The molecule has 90 valence electrons. The van der Waals surface area contributed by atoms with E-state index in [2.05, 4.69) is 15.2 Å². The van der Waals surface area contributed by atoms with Gasteiger partial charge in [0.15, 0.2) is 0 Å². The molecule has 0 unspecified atom stereocenters. The summed E-state index contributed by atoms with van der Waals surface area (Å²) in [5, 5.41) is 16.3. The van der Waals surface area contributed by atoms with Gasteiger partial charge in [0.1, 0.15) is 16.6 Å². The van der Waals surface area contributed by atoms with Gasteiger partial charge in [0.25, 0.3) is 0 Å². The maximum atomic E-state index is 12.0. The molecule has 0 aliphatic rings. The van der Waals surface area contributed by atoms with Crippen LogP contribution < -0.4 is 5.43 Å². The van der Waals surface area contributed by atoms with Crippen LogP contribution in [0.15, 0.2) is 23.1 Å². The number of nitrogens with one attached hydrogen (secondary N) is 1. The van der Waals surface area contributed by atoms with E-state index in [-0.39, 0.29) is 10.9 Å². The SMILES string of the molecule is Cn1nc2c(ccc3c(=O)c(C(=O)O)cnc32)[nH]1. The number of rotatable bonds is 1. The Labute approximate surface area is 99.7 Å². The molecular formula is C11H8N4O3. The second-order valence-corrected chi connectivity index (χ2v) is 3.90. The Morgan fingerprint density at radius 1 is 1.39 bits per heavy atom. The van der Waals surface area contributed by atoms with E-state index in [4.69, 9.17) is 5.11 Å². The molecule has 1 aromatic carbocycles. The molecule has 3 rings (SSSR count). The van der Waals surface area contributed by atoms with Gasteiger partial charge in [0.2, 0.25) is 5.43 Å². The Bertz CT molecular complexity index is 846. The van der Waals surface area contributed by atoms with Crippen LogP contribution in [0.5, 0.6) is 0 Å². The molecule has 0 bridgehead atoms. The van der Waals surface area contributed by atoms with Crippen molar-refractivity contribution in [1.29, 1.82) is 0 Å². The molecule has 0 atom stereocenters. The Morgan fingerprint density at radius 2 is 2.17 bits per heavy atom. The van der Waals surface area contributed by atoms with Gasteiger partial charge >= 0.3 is 5.97 Å². The molecule has 3 aromatic rings. The molecule has 2 N–H and O–H groups in total. The van der Waals surface area contributed by atoms with E-state index in [1.807, 2.05) is 0 Å². The summed E-state index contributed by atoms with van der Waals surface area (Å²) in [6.45, 7) is 0. The topological polar surface area (TPSA) is 101 Å². The lowest BCUT2D eigenvalue weighted by Crippen LogP contribution is -2.15. The molecule has 0 fully saturated rings. The fourth-order valence-corrected chi connectivity index (χ4v) is 1.92. The van der Waals surface area contributed by atoms with Crippen molar-refractivity contribution in [3.05, 3.63) is 34.1 Å². The highest BCUT2D eigenvalue weighted by molar-refractivity contribution is 6.03. The molecular weight excluding hydrogens is 236 g/mol. The minimum atomic E-state index is -1.28. The average Bonchev–Trinajstić information content (AvgIpc) is 2.69. The van der Waals surface area contributed by atoms with Gasteiger partial charge in [-0.2, -0.15) is 5.10 Å². The van der Waals surface area contributed by atoms with Crippen LogP contribution in [0.25, 0.3) is 21.9 Å². The molecule has 2 aromatic heterocycles. The zero-order valence-corrected chi connectivity index (χ0v) is 9.34. The van der Waals surface area contributed by atoms with Crippen molar-refractivity contribution in [3.63, 3.8) is 0 Å². The summed E-state index contributed by atoms with van der Waals surface area (Å²) in [5.74, 6) is -1.28. The van der Waals surface area contributed by atoms with Crippen molar-refractivity contribution in [2.24, 2.45) is 7.05 Å². The zero-order valence-electron chi connectivity index (χ0n) is 9.34. The third-order valence-corrected chi connectivity index (χ3v) is 2.73. The van der Waals surface area contributed by atoms with Crippen LogP contribution in [-0.2, 0) is 7.05 Å². The van der Waals surface area contributed by atoms with Gasteiger partial charge in [-0.15, -0.1) is 0 Å². The first-order valence-corrected chi connectivity index (χ1v) is 5.16. The smallest absolute Gasteiger partial charge is 0.341 e. The Hall–Kier alpha value is -2.70. The number of aromatic carboxylic acids is 1. The summed E-state index contributed by atoms with van der Waals surface area (Å²) in [6, 6.07) is 3.23. The number of hydrogen-bond donors (Lipinski definition) is 2. The second-order valence-electron chi connectivity index (χ2n) is 3.90. The number of carboxylic acid groups (broad SMARTS) is 1. The maximum absolute atomic E-state index is 12.0. The van der Waals surface area contributed by atoms with Gasteiger partial charge in [-0.3, -0.25) is 14.9 Å². The number of aromatic amines is 1. The quantitative estimate of drug-likeness (QED) is 0.649. The molecule has 7 heteroatoms. The molecule has 7 nitrogen and oxygen atoms in total. The number of hydrogen-bond acceptors (Lipinski definition) is 4. The molecule has 0 spiro atoms. The number of fused-ring (bicyclic) bond motifs is 3. The van der Waals surface area contributed by atoms with Crippen molar-refractivity contribution in [2.75, 3.05) is 0 Å². The van der Waals surface area contributed by atoms with Gasteiger partial charge in [0, 0.05) is 13.2 Å². The van der Waals surface area contributed by atoms with Crippen molar-refractivity contribution in [3.8, 4) is 0 Å². The molecule has 0 amide bonds. The maximum Gasteiger partial charge on any atom is 0.341 e. The van der Waals surface area contributed by atoms with E-state index in [1.54, 1.807) is 19.2 Å². The Morgan fingerprint density at radius 3 is 2.89 bits per heavy atom. The minimum absolute atomic E-state index is 0.259. The van der Waals surface area contributed by atoms with Crippen molar-refractivity contribution in [1.82, 2.24) is 20.0 Å². The summed E-state index contributed by atoms with van der Waals surface area (Å²) >= 11 is 0. The van der Waals surface area contributed by atoms with Crippen molar-refractivity contribution >= 4 is 27.9 Å². The highest BCUT2D eigenvalue weighted by Crippen LogP contribution is 2.18. The lowest BCUT2D eigenvalue weighted by atomic mass is 10.1. The van der Waals surface area contributed by atoms with Crippen LogP contribution in [0.4, 0.5) is 0 Å². The number of H-pyrrole nitrogens is 1. The first-order valence-electron chi connectivity index (χ1n) is 5.16. The summed E-state index contributed by atoms with van der Waals surface area (Å²) < 4.78 is 0. The van der Waals surface area contributed by atoms with Crippen LogP contribution in [-0.4, -0.2) is 31.1 Å². The van der Waals surface area contributed by atoms with Crippen LogP contribution >= 0.6 is 0 Å². The third-order valence-electron chi connectivity index (χ3n) is 2.73. The van der Waals surface area contributed by atoms with Crippen LogP contribution in [0.2, 0.25) is 0 Å². The predicted molar refractivity (Wildman–Crippen MR) is 63.6 cm³/mol. The van der Waals surface area contributed by atoms with Gasteiger partial charge in [0.05, 0.1) is 10.9 Å². The number of carbonyl (C=O) groups is 1. The lowest BCUT2D eigenvalue weighted by Gasteiger charge is -1.98. The second kappa shape index (κ2) is 3.39. The third kappa shape index (κ3) is 1.30. The molecule has 0 saturated heterocycles. The molecule has 18 heavy (non-hydrogen) atoms. The highest BCUT2D eigenvalue weighted by atomic mass is 16.4. The van der Waals surface area contributed by atoms with Gasteiger partial charge in [-0.25, -0.2) is 9.59 Å². The van der Waals surface area contributed by atoms with E-state index in [9.17, 15) is 9.59 Å². The number of carboxylic acids is 1. The lowest BCUT2D eigenvalue weighted by molar-refractivity contribution is 0.0695. The number of pyridine rings is 1. The largest absolute Gasteiger partial charge is 0.477 e. The summed E-state index contributed by atoms with van der Waals surface area (Å²) in [6.07, 6.45) is 1.07. The monoisotopic (exact) mass is 244 g/mol. The summed E-state index contributed by atoms with van der Waals surface area (Å²) in [5.41, 5.74) is 0.810. The molecule has 0 aliphatic heterocycles. The molecule has 0 radical (unpaired) electrons.